The lowest BCUT2D eigenvalue weighted by atomic mass is 10.1. The van der Waals surface area contributed by atoms with E-state index in [9.17, 15) is 18.4 Å². The van der Waals surface area contributed by atoms with Crippen molar-refractivity contribution in [1.82, 2.24) is 9.97 Å². The van der Waals surface area contributed by atoms with Gasteiger partial charge in [0.05, 0.1) is 15.4 Å². The van der Waals surface area contributed by atoms with E-state index in [4.69, 9.17) is 10.5 Å². The summed E-state index contributed by atoms with van der Waals surface area (Å²) in [5.74, 6) is 0. The van der Waals surface area contributed by atoms with Crippen LogP contribution in [0.2, 0.25) is 0 Å². The third-order valence-electron chi connectivity index (χ3n) is 3.24. The van der Waals surface area contributed by atoms with Gasteiger partial charge in [-0.3, -0.25) is 0 Å². The summed E-state index contributed by atoms with van der Waals surface area (Å²) >= 11 is 2.17. The molecule has 0 saturated heterocycles. The predicted molar refractivity (Wildman–Crippen MR) is 87.2 cm³/mol. The minimum Gasteiger partial charge on any atom is -0.224 e. The number of aromatic nitrogens is 2. The largest absolute Gasteiger partial charge is 0.416 e. The average Bonchev–Trinajstić information content (AvgIpc) is 3.03. The zero-order valence-electron chi connectivity index (χ0n) is 12.5. The van der Waals surface area contributed by atoms with Crippen molar-refractivity contribution < 1.29 is 13.2 Å². The van der Waals surface area contributed by atoms with Gasteiger partial charge >= 0.3 is 6.18 Å². The highest BCUT2D eigenvalue weighted by Crippen LogP contribution is 2.52. The van der Waals surface area contributed by atoms with Crippen molar-refractivity contribution in [2.45, 2.75) is 16.2 Å². The molecule has 1 aromatic carbocycles. The Morgan fingerprint density at radius 1 is 0.885 bits per heavy atom. The number of benzene rings is 1. The molecule has 1 aromatic heterocycles. The summed E-state index contributed by atoms with van der Waals surface area (Å²) in [6.07, 6.45) is -4.46. The lowest BCUT2D eigenvalue weighted by Crippen LogP contribution is -2.04. The molecule has 126 valence electrons. The Morgan fingerprint density at radius 3 is 1.77 bits per heavy atom. The van der Waals surface area contributed by atoms with Crippen LogP contribution in [0.5, 0.6) is 0 Å². The Morgan fingerprint density at radius 2 is 1.38 bits per heavy atom. The average molecular weight is 387 g/mol. The van der Waals surface area contributed by atoms with Crippen molar-refractivity contribution in [3.63, 3.8) is 0 Å². The molecule has 0 bridgehead atoms. The highest BCUT2D eigenvalue weighted by molar-refractivity contribution is 8.24. The first kappa shape index (κ1) is 17.8. The molecule has 0 saturated carbocycles. The van der Waals surface area contributed by atoms with E-state index in [0.717, 1.165) is 35.7 Å². The first-order valence-corrected chi connectivity index (χ1v) is 8.40. The Labute approximate surface area is 153 Å². The van der Waals surface area contributed by atoms with Gasteiger partial charge in [-0.15, -0.1) is 0 Å². The SMILES string of the molecule is N#CC(=C1Sc2nc(C#N)c(C#N)nc2S1)c1ccc(C(F)(F)F)cc1. The summed E-state index contributed by atoms with van der Waals surface area (Å²) in [6.45, 7) is 0. The van der Waals surface area contributed by atoms with Crippen molar-refractivity contribution in [2.24, 2.45) is 0 Å². The minimum atomic E-state index is -4.46. The lowest BCUT2D eigenvalue weighted by Gasteiger charge is -2.07. The summed E-state index contributed by atoms with van der Waals surface area (Å²) < 4.78 is 38.5. The molecule has 0 atom stereocenters. The molecule has 0 amide bonds. The maximum atomic E-state index is 12.7. The quantitative estimate of drug-likeness (QED) is 0.672. The molecule has 5 nitrogen and oxygen atoms in total. The number of hydrogen-bond donors (Lipinski definition) is 0. The van der Waals surface area contributed by atoms with Crippen molar-refractivity contribution >= 4 is 29.1 Å². The highest BCUT2D eigenvalue weighted by atomic mass is 32.2. The Kier molecular flexibility index (Phi) is 4.60. The number of thioether (sulfide) groups is 2. The van der Waals surface area contributed by atoms with E-state index >= 15 is 0 Å². The summed E-state index contributed by atoms with van der Waals surface area (Å²) in [6, 6.07) is 9.80. The number of fused-ring (bicyclic) bond motifs is 1. The third kappa shape index (κ3) is 3.23. The molecule has 0 aliphatic carbocycles. The van der Waals surface area contributed by atoms with Crippen LogP contribution in [-0.2, 0) is 6.18 Å². The van der Waals surface area contributed by atoms with Gasteiger partial charge in [-0.2, -0.15) is 29.0 Å². The van der Waals surface area contributed by atoms with Gasteiger partial charge in [0, 0.05) is 0 Å². The van der Waals surface area contributed by atoms with Crippen LogP contribution in [0.1, 0.15) is 22.5 Å². The minimum absolute atomic E-state index is 0.117. The Hall–Kier alpha value is -3.00. The van der Waals surface area contributed by atoms with Crippen molar-refractivity contribution in [1.29, 1.82) is 15.8 Å². The van der Waals surface area contributed by atoms with Crippen molar-refractivity contribution in [3.8, 4) is 18.2 Å². The van der Waals surface area contributed by atoms with Crippen molar-refractivity contribution in [3.05, 3.63) is 51.0 Å². The maximum Gasteiger partial charge on any atom is 0.416 e. The predicted octanol–water partition coefficient (Wildman–Crippen LogP) is 4.33. The smallest absolute Gasteiger partial charge is 0.224 e. The van der Waals surface area contributed by atoms with E-state index in [2.05, 4.69) is 9.97 Å². The van der Waals surface area contributed by atoms with Gasteiger partial charge < -0.3 is 0 Å². The molecular weight excluding hydrogens is 383 g/mol. The van der Waals surface area contributed by atoms with Crippen LogP contribution in [0.4, 0.5) is 13.2 Å². The van der Waals surface area contributed by atoms with Crippen LogP contribution in [0, 0.1) is 34.0 Å². The fourth-order valence-corrected chi connectivity index (χ4v) is 4.36. The molecule has 10 heteroatoms. The Bertz CT molecular complexity index is 1010. The van der Waals surface area contributed by atoms with Gasteiger partial charge in [0.1, 0.15) is 28.3 Å². The molecule has 0 spiro atoms. The highest BCUT2D eigenvalue weighted by Gasteiger charge is 2.31. The fourth-order valence-electron chi connectivity index (χ4n) is 2.05. The molecule has 0 N–H and O–H groups in total. The lowest BCUT2D eigenvalue weighted by molar-refractivity contribution is -0.137. The molecule has 0 radical (unpaired) electrons. The van der Waals surface area contributed by atoms with E-state index < -0.39 is 11.7 Å². The number of nitrogens with zero attached hydrogens (tertiary/aromatic N) is 5. The molecule has 1 aliphatic heterocycles. The fraction of sp³-hybridized carbons (Fsp3) is 0.0625. The molecule has 0 unspecified atom stereocenters. The third-order valence-corrected chi connectivity index (χ3v) is 5.61. The normalized spacial score (nSPS) is 12.7. The van der Waals surface area contributed by atoms with Gasteiger partial charge in [-0.1, -0.05) is 35.7 Å². The van der Waals surface area contributed by atoms with Gasteiger partial charge in [0.25, 0.3) is 0 Å². The summed E-state index contributed by atoms with van der Waals surface area (Å²) in [5, 5.41) is 28.2. The van der Waals surface area contributed by atoms with Gasteiger partial charge in [0.2, 0.25) is 0 Å². The van der Waals surface area contributed by atoms with Crippen LogP contribution in [0.25, 0.3) is 5.57 Å². The first-order chi connectivity index (χ1) is 12.4. The van der Waals surface area contributed by atoms with Crippen molar-refractivity contribution in [2.75, 3.05) is 0 Å². The summed E-state index contributed by atoms with van der Waals surface area (Å²) in [5.41, 5.74) is -0.545. The van der Waals surface area contributed by atoms with E-state index in [1.165, 1.54) is 12.1 Å². The Balaban J connectivity index is 2.01. The van der Waals surface area contributed by atoms with E-state index in [0.29, 0.717) is 19.9 Å². The van der Waals surface area contributed by atoms with E-state index in [1.807, 2.05) is 6.07 Å². The molecule has 1 aliphatic rings. The molecule has 3 rings (SSSR count). The number of hydrogen-bond acceptors (Lipinski definition) is 7. The first-order valence-electron chi connectivity index (χ1n) is 6.77. The van der Waals surface area contributed by atoms with Gasteiger partial charge in [-0.05, 0) is 17.7 Å². The van der Waals surface area contributed by atoms with E-state index in [-0.39, 0.29) is 17.0 Å². The molecule has 0 fully saturated rings. The number of rotatable bonds is 1. The van der Waals surface area contributed by atoms with E-state index in [1.54, 1.807) is 12.1 Å². The summed E-state index contributed by atoms with van der Waals surface area (Å²) in [4.78, 5) is 8.11. The monoisotopic (exact) mass is 387 g/mol. The second-order valence-corrected chi connectivity index (χ2v) is 7.06. The van der Waals surface area contributed by atoms with Crippen LogP contribution in [0.15, 0.2) is 38.6 Å². The second kappa shape index (κ2) is 6.72. The number of nitriles is 3. The van der Waals surface area contributed by atoms with Crippen LogP contribution in [-0.4, -0.2) is 9.97 Å². The molecular formula is C16H4F3N5S2. The van der Waals surface area contributed by atoms with Gasteiger partial charge in [0.15, 0.2) is 11.4 Å². The second-order valence-electron chi connectivity index (χ2n) is 4.81. The maximum absolute atomic E-state index is 12.7. The number of halogens is 3. The van der Waals surface area contributed by atoms with Crippen LogP contribution in [0.3, 0.4) is 0 Å². The topological polar surface area (TPSA) is 97.1 Å². The number of alkyl halides is 3. The molecule has 2 heterocycles. The molecule has 26 heavy (non-hydrogen) atoms. The number of allylic oxidation sites excluding steroid dienone is 1. The van der Waals surface area contributed by atoms with Gasteiger partial charge in [-0.25, -0.2) is 9.97 Å². The van der Waals surface area contributed by atoms with Crippen LogP contribution < -0.4 is 0 Å². The zero-order chi connectivity index (χ0) is 18.9. The standard InChI is InChI=1S/C16H4F3N5S2/c17-16(18,19)9-3-1-8(2-4-9)10(5-20)15-25-13-14(26-15)24-12(7-22)11(6-21)23-13/h1-4H. The zero-order valence-corrected chi connectivity index (χ0v) is 14.1. The molecule has 2 aromatic rings. The summed E-state index contributed by atoms with van der Waals surface area (Å²) in [7, 11) is 0. The van der Waals surface area contributed by atoms with Crippen LogP contribution >= 0.6 is 23.5 Å².